The van der Waals surface area contributed by atoms with Gasteiger partial charge in [-0.25, -0.2) is 0 Å². The molecule has 0 aromatic carbocycles. The summed E-state index contributed by atoms with van der Waals surface area (Å²) in [5.74, 6) is 12.1. The van der Waals surface area contributed by atoms with Gasteiger partial charge in [-0.1, -0.05) is 76.6 Å². The van der Waals surface area contributed by atoms with E-state index in [2.05, 4.69) is 30.6 Å². The fourth-order valence-corrected chi connectivity index (χ4v) is 2.71. The molecule has 0 aromatic rings. The molecule has 0 spiro atoms. The highest BCUT2D eigenvalue weighted by molar-refractivity contribution is 5.69. The Labute approximate surface area is 168 Å². The van der Waals surface area contributed by atoms with E-state index in [0.29, 0.717) is 19.6 Å². The first-order valence-electron chi connectivity index (χ1n) is 10.9. The third-order valence-electron chi connectivity index (χ3n) is 4.38. The third-order valence-corrected chi connectivity index (χ3v) is 4.38. The topological polar surface area (TPSA) is 35.5 Å². The van der Waals surface area contributed by atoms with Gasteiger partial charge in [0.2, 0.25) is 0 Å². The summed E-state index contributed by atoms with van der Waals surface area (Å²) in [5, 5.41) is 0. The summed E-state index contributed by atoms with van der Waals surface area (Å²) in [4.78, 5) is 11.4. The highest BCUT2D eigenvalue weighted by Gasteiger charge is 2.01. The Morgan fingerprint density at radius 1 is 0.704 bits per heavy atom. The first-order valence-corrected chi connectivity index (χ1v) is 10.9. The minimum atomic E-state index is -0.126. The molecule has 0 N–H and O–H groups in total. The van der Waals surface area contributed by atoms with Gasteiger partial charge in [0.25, 0.3) is 0 Å². The molecule has 0 amide bonds. The van der Waals surface area contributed by atoms with E-state index in [0.717, 1.165) is 38.5 Å². The Balaban J connectivity index is 3.33. The number of hydrogen-bond acceptors (Lipinski definition) is 3. The van der Waals surface area contributed by atoms with Gasteiger partial charge in [0.15, 0.2) is 0 Å². The van der Waals surface area contributed by atoms with Crippen LogP contribution in [0.4, 0.5) is 0 Å². The maximum absolute atomic E-state index is 11.4. The summed E-state index contributed by atoms with van der Waals surface area (Å²) in [5.41, 5.74) is 0. The zero-order chi connectivity index (χ0) is 19.8. The number of carbonyl (C=O) groups excluding carboxylic acids is 1. The quantitative estimate of drug-likeness (QED) is 0.176. The number of hydrogen-bond donors (Lipinski definition) is 0. The second-order valence-electron chi connectivity index (χ2n) is 6.96. The van der Waals surface area contributed by atoms with Gasteiger partial charge in [-0.2, -0.15) is 0 Å². The Morgan fingerprint density at radius 3 is 1.78 bits per heavy atom. The van der Waals surface area contributed by atoms with Crippen LogP contribution in [0.25, 0.3) is 0 Å². The van der Waals surface area contributed by atoms with Crippen LogP contribution >= 0.6 is 0 Å². The second-order valence-corrected chi connectivity index (χ2v) is 6.96. The zero-order valence-electron chi connectivity index (χ0n) is 17.7. The van der Waals surface area contributed by atoms with Gasteiger partial charge in [-0.15, -0.1) is 0 Å². The van der Waals surface area contributed by atoms with Crippen molar-refractivity contribution in [2.24, 2.45) is 0 Å². The van der Waals surface area contributed by atoms with Gasteiger partial charge in [0.1, 0.15) is 6.61 Å². The van der Waals surface area contributed by atoms with Crippen LogP contribution in [0.3, 0.4) is 0 Å². The number of esters is 1. The lowest BCUT2D eigenvalue weighted by atomic mass is 10.1. The van der Waals surface area contributed by atoms with Crippen LogP contribution in [0.2, 0.25) is 0 Å². The third kappa shape index (κ3) is 22.5. The van der Waals surface area contributed by atoms with Crippen LogP contribution in [0.15, 0.2) is 0 Å². The molecule has 154 valence electrons. The summed E-state index contributed by atoms with van der Waals surface area (Å²) in [7, 11) is 1.60. The predicted octanol–water partition coefficient (Wildman–Crippen LogP) is 6.05. The van der Waals surface area contributed by atoms with E-state index >= 15 is 0 Å². The predicted molar refractivity (Wildman–Crippen MR) is 113 cm³/mol. The van der Waals surface area contributed by atoms with E-state index in [9.17, 15) is 4.79 Å². The fourth-order valence-electron chi connectivity index (χ4n) is 2.71. The van der Waals surface area contributed by atoms with Crippen LogP contribution in [-0.2, 0) is 14.3 Å². The molecule has 0 unspecified atom stereocenters. The summed E-state index contributed by atoms with van der Waals surface area (Å²) >= 11 is 0. The molecule has 3 heteroatoms. The van der Waals surface area contributed by atoms with Crippen molar-refractivity contribution in [3.8, 4) is 23.7 Å². The molecular weight excluding hydrogens is 336 g/mol. The number of ether oxygens (including phenoxy) is 2. The van der Waals surface area contributed by atoms with E-state index in [1.165, 1.54) is 51.4 Å². The molecule has 0 rings (SSSR count). The van der Waals surface area contributed by atoms with Crippen molar-refractivity contribution in [2.45, 2.75) is 103 Å². The molecule has 0 radical (unpaired) electrons. The molecule has 0 saturated carbocycles. The van der Waals surface area contributed by atoms with E-state index < -0.39 is 0 Å². The fraction of sp³-hybridized carbons (Fsp3) is 0.792. The van der Waals surface area contributed by atoms with Gasteiger partial charge in [-0.3, -0.25) is 4.79 Å². The molecule has 27 heavy (non-hydrogen) atoms. The molecule has 0 aliphatic carbocycles. The average Bonchev–Trinajstić information content (AvgIpc) is 2.67. The molecule has 0 saturated heterocycles. The summed E-state index contributed by atoms with van der Waals surface area (Å²) in [6, 6.07) is 0. The molecule has 0 atom stereocenters. The maximum atomic E-state index is 11.4. The number of rotatable bonds is 17. The summed E-state index contributed by atoms with van der Waals surface area (Å²) in [6.45, 7) is 3.08. The van der Waals surface area contributed by atoms with Crippen molar-refractivity contribution < 1.29 is 14.3 Å². The zero-order valence-corrected chi connectivity index (χ0v) is 17.7. The minimum absolute atomic E-state index is 0.126. The summed E-state index contributed by atoms with van der Waals surface area (Å²) in [6.07, 6.45) is 17.2. The summed E-state index contributed by atoms with van der Waals surface area (Å²) < 4.78 is 9.85. The lowest BCUT2D eigenvalue weighted by Crippen LogP contribution is -2.09. The SMILES string of the molecule is CCCCCCCCCCC#CC#CCCCCCCC(=O)OCCOC. The van der Waals surface area contributed by atoms with Crippen molar-refractivity contribution in [1.82, 2.24) is 0 Å². The van der Waals surface area contributed by atoms with E-state index in [-0.39, 0.29) is 5.97 Å². The highest BCUT2D eigenvalue weighted by Crippen LogP contribution is 2.09. The van der Waals surface area contributed by atoms with Crippen LogP contribution in [0, 0.1) is 23.7 Å². The largest absolute Gasteiger partial charge is 0.463 e. The number of carbonyl (C=O) groups is 1. The lowest BCUT2D eigenvalue weighted by Gasteiger charge is -2.03. The van der Waals surface area contributed by atoms with Gasteiger partial charge < -0.3 is 9.47 Å². The minimum Gasteiger partial charge on any atom is -0.463 e. The highest BCUT2D eigenvalue weighted by atomic mass is 16.6. The Morgan fingerprint density at radius 2 is 1.22 bits per heavy atom. The van der Waals surface area contributed by atoms with Crippen molar-refractivity contribution in [3.63, 3.8) is 0 Å². The monoisotopic (exact) mass is 376 g/mol. The first kappa shape index (κ1) is 25.6. The van der Waals surface area contributed by atoms with Crippen LogP contribution in [0.5, 0.6) is 0 Å². The van der Waals surface area contributed by atoms with Crippen LogP contribution in [-0.4, -0.2) is 26.3 Å². The van der Waals surface area contributed by atoms with Crippen molar-refractivity contribution in [3.05, 3.63) is 0 Å². The normalized spacial score (nSPS) is 9.85. The molecule has 0 fully saturated rings. The molecule has 0 bridgehead atoms. The second kappa shape index (κ2) is 22.6. The van der Waals surface area contributed by atoms with Gasteiger partial charge >= 0.3 is 5.97 Å². The van der Waals surface area contributed by atoms with Gasteiger partial charge in [0.05, 0.1) is 6.61 Å². The molecule has 0 aliphatic heterocycles. The van der Waals surface area contributed by atoms with Crippen molar-refractivity contribution in [1.29, 1.82) is 0 Å². The lowest BCUT2D eigenvalue weighted by molar-refractivity contribution is -0.145. The van der Waals surface area contributed by atoms with E-state index in [1.54, 1.807) is 7.11 Å². The number of methoxy groups -OCH3 is 1. The van der Waals surface area contributed by atoms with Gasteiger partial charge in [0, 0.05) is 26.4 Å². The molecular formula is C24H40O3. The smallest absolute Gasteiger partial charge is 0.305 e. The first-order chi connectivity index (χ1) is 13.3. The molecule has 3 nitrogen and oxygen atoms in total. The Kier molecular flexibility index (Phi) is 21.4. The molecule has 0 heterocycles. The van der Waals surface area contributed by atoms with Crippen molar-refractivity contribution >= 4 is 5.97 Å². The Bertz CT molecular complexity index is 448. The van der Waals surface area contributed by atoms with Crippen LogP contribution < -0.4 is 0 Å². The van der Waals surface area contributed by atoms with E-state index in [1.807, 2.05) is 0 Å². The molecule has 0 aliphatic rings. The average molecular weight is 377 g/mol. The van der Waals surface area contributed by atoms with Crippen molar-refractivity contribution in [2.75, 3.05) is 20.3 Å². The molecule has 0 aromatic heterocycles. The maximum Gasteiger partial charge on any atom is 0.305 e. The standard InChI is InChI=1S/C24H40O3/c1-3-4-5-6-7-8-9-10-11-12-13-14-15-16-17-18-19-20-21-24(25)27-23-22-26-2/h3-11,16-23H2,1-2H3. The van der Waals surface area contributed by atoms with Gasteiger partial charge in [-0.05, 0) is 31.1 Å². The van der Waals surface area contributed by atoms with E-state index in [4.69, 9.17) is 9.47 Å². The Hall–Kier alpha value is -1.45. The van der Waals surface area contributed by atoms with Crippen LogP contribution in [0.1, 0.15) is 103 Å². The number of unbranched alkanes of at least 4 members (excludes halogenated alkanes) is 12.